The lowest BCUT2D eigenvalue weighted by molar-refractivity contribution is 0.302. The maximum Gasteiger partial charge on any atom is 0.109 e. The molecule has 0 heterocycles. The first-order chi connectivity index (χ1) is 6.29. The SMILES string of the molecule is CC(C)N(C(C)C)[SiH](C)C(C)[SiH](C)C. The molecule has 2 atom stereocenters. The molecule has 0 aliphatic heterocycles. The lowest BCUT2D eigenvalue weighted by Gasteiger charge is -2.39. The van der Waals surface area contributed by atoms with Crippen LogP contribution >= 0.6 is 0 Å². The van der Waals surface area contributed by atoms with Crippen LogP contribution in [0.4, 0.5) is 0 Å². The molecule has 0 fully saturated rings. The van der Waals surface area contributed by atoms with Crippen LogP contribution in [0.15, 0.2) is 0 Å². The van der Waals surface area contributed by atoms with Gasteiger partial charge in [-0.05, 0) is 17.2 Å². The average Bonchev–Trinajstić information content (AvgIpc) is 2.01. The van der Waals surface area contributed by atoms with E-state index in [1.165, 1.54) is 0 Å². The Balaban J connectivity index is 4.51. The summed E-state index contributed by atoms with van der Waals surface area (Å²) >= 11 is 0. The number of nitrogens with zero attached hydrogens (tertiary/aromatic N) is 1. The first kappa shape index (κ1) is 14.4. The molecule has 0 N–H and O–H groups in total. The van der Waals surface area contributed by atoms with Crippen molar-refractivity contribution in [1.82, 2.24) is 4.57 Å². The highest BCUT2D eigenvalue weighted by Gasteiger charge is 2.27. The zero-order valence-corrected chi connectivity index (χ0v) is 13.6. The molecule has 0 amide bonds. The normalized spacial score (nSPS) is 17.1. The van der Waals surface area contributed by atoms with Crippen molar-refractivity contribution in [1.29, 1.82) is 0 Å². The Hall–Kier alpha value is 0.394. The van der Waals surface area contributed by atoms with Gasteiger partial charge in [-0.2, -0.15) is 0 Å². The molecule has 0 aromatic rings. The first-order valence-electron chi connectivity index (χ1n) is 6.06. The summed E-state index contributed by atoms with van der Waals surface area (Å²) < 4.78 is 2.79. The van der Waals surface area contributed by atoms with Gasteiger partial charge < -0.3 is 4.57 Å². The van der Waals surface area contributed by atoms with Gasteiger partial charge in [-0.25, -0.2) is 0 Å². The third-order valence-electron chi connectivity index (χ3n) is 3.48. The van der Waals surface area contributed by atoms with Gasteiger partial charge in [0.25, 0.3) is 0 Å². The lowest BCUT2D eigenvalue weighted by atomic mass is 10.3. The molecular formula is C11H29NSi2. The van der Waals surface area contributed by atoms with E-state index in [9.17, 15) is 0 Å². The highest BCUT2D eigenvalue weighted by molar-refractivity contribution is 6.76. The molecule has 0 radical (unpaired) electrons. The van der Waals surface area contributed by atoms with E-state index in [1.54, 1.807) is 0 Å². The summed E-state index contributed by atoms with van der Waals surface area (Å²) in [6.45, 7) is 19.4. The van der Waals surface area contributed by atoms with E-state index in [2.05, 4.69) is 58.8 Å². The smallest absolute Gasteiger partial charge is 0.109 e. The number of rotatable bonds is 5. The summed E-state index contributed by atoms with van der Waals surface area (Å²) in [5, 5.41) is 1.04. The van der Waals surface area contributed by atoms with Gasteiger partial charge >= 0.3 is 0 Å². The van der Waals surface area contributed by atoms with Crippen LogP contribution in [0.25, 0.3) is 0 Å². The molecule has 0 rings (SSSR count). The zero-order valence-electron chi connectivity index (χ0n) is 11.3. The summed E-state index contributed by atoms with van der Waals surface area (Å²) in [6.07, 6.45) is 0. The highest BCUT2D eigenvalue weighted by Crippen LogP contribution is 2.20. The van der Waals surface area contributed by atoms with Crippen molar-refractivity contribution in [2.75, 3.05) is 0 Å². The van der Waals surface area contributed by atoms with Crippen LogP contribution in [0.2, 0.25) is 24.8 Å². The maximum absolute atomic E-state index is 2.79. The molecule has 2 unspecified atom stereocenters. The molecule has 1 nitrogen and oxygen atoms in total. The maximum atomic E-state index is 2.79. The molecule has 3 heteroatoms. The molecule has 0 bridgehead atoms. The quantitative estimate of drug-likeness (QED) is 0.658. The van der Waals surface area contributed by atoms with Crippen LogP contribution < -0.4 is 0 Å². The van der Waals surface area contributed by atoms with Gasteiger partial charge in [0.1, 0.15) is 8.96 Å². The molecule has 0 aromatic heterocycles. The minimum Gasteiger partial charge on any atom is -0.322 e. The Bertz CT molecular complexity index is 149. The van der Waals surface area contributed by atoms with Crippen LogP contribution in [0, 0.1) is 0 Å². The van der Waals surface area contributed by atoms with Gasteiger partial charge in [0, 0.05) is 8.80 Å². The Morgan fingerprint density at radius 2 is 1.14 bits per heavy atom. The third kappa shape index (κ3) is 3.87. The van der Waals surface area contributed by atoms with Crippen LogP contribution in [0.5, 0.6) is 0 Å². The largest absolute Gasteiger partial charge is 0.322 e. The van der Waals surface area contributed by atoms with Gasteiger partial charge in [-0.1, -0.05) is 54.3 Å². The Kier molecular flexibility index (Phi) is 6.25. The third-order valence-corrected chi connectivity index (χ3v) is 13.2. The summed E-state index contributed by atoms with van der Waals surface area (Å²) in [5.41, 5.74) is 0. The molecule has 86 valence electrons. The molecule has 0 aromatic carbocycles. The molecule has 0 saturated carbocycles. The molecule has 14 heavy (non-hydrogen) atoms. The minimum atomic E-state index is -0.690. The fourth-order valence-corrected chi connectivity index (χ4v) is 9.84. The van der Waals surface area contributed by atoms with E-state index in [0.29, 0.717) is 0 Å². The van der Waals surface area contributed by atoms with E-state index >= 15 is 0 Å². The van der Waals surface area contributed by atoms with Crippen molar-refractivity contribution in [3.8, 4) is 0 Å². The van der Waals surface area contributed by atoms with Crippen molar-refractivity contribution < 1.29 is 0 Å². The Morgan fingerprint density at radius 3 is 1.36 bits per heavy atom. The topological polar surface area (TPSA) is 3.24 Å². The molecule has 0 spiro atoms. The average molecular weight is 232 g/mol. The minimum absolute atomic E-state index is 0.441. The van der Waals surface area contributed by atoms with E-state index in [4.69, 9.17) is 0 Å². The highest BCUT2D eigenvalue weighted by atomic mass is 28.3. The molecular weight excluding hydrogens is 202 g/mol. The summed E-state index contributed by atoms with van der Waals surface area (Å²) in [5.74, 6) is 0. The summed E-state index contributed by atoms with van der Waals surface area (Å²) in [7, 11) is -1.13. The van der Waals surface area contributed by atoms with Gasteiger partial charge in [-0.3, -0.25) is 0 Å². The predicted molar refractivity (Wildman–Crippen MR) is 73.4 cm³/mol. The number of hydrogen-bond donors (Lipinski definition) is 0. The van der Waals surface area contributed by atoms with Crippen molar-refractivity contribution in [3.05, 3.63) is 0 Å². The van der Waals surface area contributed by atoms with Crippen LogP contribution in [-0.4, -0.2) is 34.4 Å². The van der Waals surface area contributed by atoms with Crippen molar-refractivity contribution in [3.63, 3.8) is 0 Å². The van der Waals surface area contributed by atoms with E-state index in [1.807, 2.05) is 0 Å². The second-order valence-electron chi connectivity index (χ2n) is 5.48. The van der Waals surface area contributed by atoms with Gasteiger partial charge in [0.15, 0.2) is 0 Å². The Labute approximate surface area is 94.2 Å². The van der Waals surface area contributed by atoms with Gasteiger partial charge in [-0.15, -0.1) is 0 Å². The van der Waals surface area contributed by atoms with Crippen LogP contribution in [-0.2, 0) is 0 Å². The van der Waals surface area contributed by atoms with Crippen molar-refractivity contribution in [2.45, 2.75) is 71.5 Å². The second kappa shape index (κ2) is 6.08. The van der Waals surface area contributed by atoms with Gasteiger partial charge in [0.05, 0.1) is 0 Å². The predicted octanol–water partition coefficient (Wildman–Crippen LogP) is 2.87. The second-order valence-corrected chi connectivity index (χ2v) is 12.9. The lowest BCUT2D eigenvalue weighted by Crippen LogP contribution is -2.50. The molecule has 0 aliphatic rings. The standard InChI is InChI=1S/C11H29NSi2/c1-9(2)12(10(3)4)14(8)11(5)13(6)7/h9-11,13-14H,1-8H3. The van der Waals surface area contributed by atoms with Crippen molar-refractivity contribution in [2.24, 2.45) is 0 Å². The number of hydrogen-bond acceptors (Lipinski definition) is 1. The van der Waals surface area contributed by atoms with E-state index < -0.39 is 17.8 Å². The summed E-state index contributed by atoms with van der Waals surface area (Å²) in [4.78, 5) is 0. The fourth-order valence-electron chi connectivity index (χ4n) is 2.37. The van der Waals surface area contributed by atoms with Crippen LogP contribution in [0.1, 0.15) is 34.6 Å². The molecule has 0 aliphatic carbocycles. The van der Waals surface area contributed by atoms with Crippen molar-refractivity contribution >= 4 is 17.8 Å². The van der Waals surface area contributed by atoms with E-state index in [0.717, 1.165) is 17.2 Å². The first-order valence-corrected chi connectivity index (χ1v) is 11.4. The fraction of sp³-hybridized carbons (Fsp3) is 1.00. The molecule has 0 saturated heterocycles. The summed E-state index contributed by atoms with van der Waals surface area (Å²) in [6, 6.07) is 1.46. The van der Waals surface area contributed by atoms with Crippen LogP contribution in [0.3, 0.4) is 0 Å². The monoisotopic (exact) mass is 231 g/mol. The zero-order chi connectivity index (χ0) is 11.5. The van der Waals surface area contributed by atoms with E-state index in [-0.39, 0.29) is 0 Å². The van der Waals surface area contributed by atoms with Gasteiger partial charge in [0.2, 0.25) is 0 Å². The Morgan fingerprint density at radius 1 is 0.786 bits per heavy atom.